The van der Waals surface area contributed by atoms with E-state index in [9.17, 15) is 0 Å². The normalized spacial score (nSPS) is 11.1. The van der Waals surface area contributed by atoms with Crippen molar-refractivity contribution >= 4 is 46.6 Å². The largest absolute Gasteiger partial charge is 0.371 e. The molecule has 1 nitrogen and oxygen atoms in total. The average Bonchev–Trinajstić information content (AvgIpc) is 3.42. The molecule has 0 fully saturated rings. The maximum absolute atomic E-state index is 5.85. The van der Waals surface area contributed by atoms with Gasteiger partial charge in [0.05, 0.1) is 13.2 Å². The van der Waals surface area contributed by atoms with Gasteiger partial charge < -0.3 is 4.74 Å². The van der Waals surface area contributed by atoms with Crippen molar-refractivity contribution in [3.05, 3.63) is 82.0 Å². The molecule has 0 saturated carbocycles. The van der Waals surface area contributed by atoms with Gasteiger partial charge in [0.2, 0.25) is 0 Å². The molecule has 5 heteroatoms. The molecule has 3 aromatic heterocycles. The number of benzene rings is 1. The second-order valence-electron chi connectivity index (χ2n) is 5.83. The van der Waals surface area contributed by atoms with E-state index in [2.05, 4.69) is 61.2 Å². The van der Waals surface area contributed by atoms with E-state index in [0.29, 0.717) is 13.2 Å². The maximum Gasteiger partial charge on any atom is 0.0814 e. The fourth-order valence-electron chi connectivity index (χ4n) is 2.63. The Hall–Kier alpha value is -1.37. The zero-order chi connectivity index (χ0) is 17.8. The van der Waals surface area contributed by atoms with Crippen LogP contribution in [0.25, 0.3) is 19.5 Å². The highest BCUT2D eigenvalue weighted by Gasteiger charge is 2.09. The number of hydrogen-bond donors (Lipinski definition) is 1. The molecule has 0 N–H and O–H groups in total. The molecular weight excluding hydrogens is 396 g/mol. The molecule has 0 aliphatic carbocycles. The van der Waals surface area contributed by atoms with Gasteiger partial charge in [-0.3, -0.25) is 0 Å². The Balaban J connectivity index is 1.40. The van der Waals surface area contributed by atoms with Gasteiger partial charge in [0.25, 0.3) is 0 Å². The molecule has 0 unspecified atom stereocenters. The highest BCUT2D eigenvalue weighted by atomic mass is 32.1. The second kappa shape index (κ2) is 8.55. The minimum absolute atomic E-state index is 0.656. The summed E-state index contributed by atoms with van der Waals surface area (Å²) in [7, 11) is 0. The molecule has 3 heterocycles. The maximum atomic E-state index is 5.85. The summed E-state index contributed by atoms with van der Waals surface area (Å²) >= 11 is 9.85. The minimum Gasteiger partial charge on any atom is -0.371 e. The summed E-state index contributed by atoms with van der Waals surface area (Å²) in [5.41, 5.74) is 1.21. The Morgan fingerprint density at radius 1 is 0.615 bits per heavy atom. The fourth-order valence-corrected chi connectivity index (χ4v) is 5.93. The van der Waals surface area contributed by atoms with Crippen molar-refractivity contribution in [3.8, 4) is 19.5 Å². The third kappa shape index (κ3) is 4.30. The third-order valence-electron chi connectivity index (χ3n) is 3.93. The first-order chi connectivity index (χ1) is 12.8. The molecule has 4 aromatic rings. The van der Waals surface area contributed by atoms with Gasteiger partial charge in [0.1, 0.15) is 0 Å². The molecule has 26 heavy (non-hydrogen) atoms. The van der Waals surface area contributed by atoms with Gasteiger partial charge in [-0.25, -0.2) is 0 Å². The van der Waals surface area contributed by atoms with Crippen LogP contribution in [0, 0.1) is 0 Å². The predicted molar refractivity (Wildman–Crippen MR) is 119 cm³/mol. The molecule has 0 saturated heterocycles. The van der Waals surface area contributed by atoms with E-state index in [0.717, 1.165) is 5.75 Å². The van der Waals surface area contributed by atoms with Crippen LogP contribution >= 0.6 is 46.6 Å². The van der Waals surface area contributed by atoms with Crippen LogP contribution in [0.1, 0.15) is 15.3 Å². The van der Waals surface area contributed by atoms with E-state index in [1.54, 1.807) is 0 Å². The van der Waals surface area contributed by atoms with E-state index < -0.39 is 0 Å². The van der Waals surface area contributed by atoms with Gasteiger partial charge in [0, 0.05) is 35.0 Å². The van der Waals surface area contributed by atoms with E-state index in [-0.39, 0.29) is 0 Å². The third-order valence-corrected chi connectivity index (χ3v) is 8.10. The van der Waals surface area contributed by atoms with E-state index >= 15 is 0 Å². The standard InChI is InChI=1S/C21H18OS4/c23-14-17-7-9-19(25-17)21-11-10-20(26-21)18-8-6-16(24-18)13-22-12-15-4-2-1-3-5-15/h1-11,23H,12-14H2. The lowest BCUT2D eigenvalue weighted by atomic mass is 10.2. The summed E-state index contributed by atoms with van der Waals surface area (Å²) in [6.45, 7) is 1.32. The first-order valence-corrected chi connectivity index (χ1v) is 11.4. The SMILES string of the molecule is SCc1ccc(-c2ccc(-c3ccc(COCc4ccccc4)s3)s2)s1. The highest BCUT2D eigenvalue weighted by Crippen LogP contribution is 2.40. The predicted octanol–water partition coefficient (Wildman–Crippen LogP) is 7.35. The van der Waals surface area contributed by atoms with Crippen molar-refractivity contribution in [2.45, 2.75) is 19.0 Å². The summed E-state index contributed by atoms with van der Waals surface area (Å²) in [4.78, 5) is 7.86. The zero-order valence-electron chi connectivity index (χ0n) is 14.1. The van der Waals surface area contributed by atoms with Crippen LogP contribution in [-0.4, -0.2) is 0 Å². The Kier molecular flexibility index (Phi) is 5.92. The lowest BCUT2D eigenvalue weighted by molar-refractivity contribution is 0.109. The van der Waals surface area contributed by atoms with Crippen molar-refractivity contribution in [2.24, 2.45) is 0 Å². The van der Waals surface area contributed by atoms with Crippen molar-refractivity contribution in [1.82, 2.24) is 0 Å². The van der Waals surface area contributed by atoms with Crippen molar-refractivity contribution in [2.75, 3.05) is 0 Å². The molecule has 0 amide bonds. The molecule has 1 aromatic carbocycles. The number of ether oxygens (including phenoxy) is 1. The van der Waals surface area contributed by atoms with Gasteiger partial charge in [0.15, 0.2) is 0 Å². The molecule has 0 radical (unpaired) electrons. The monoisotopic (exact) mass is 414 g/mol. The van der Waals surface area contributed by atoms with Crippen molar-refractivity contribution < 1.29 is 4.74 Å². The van der Waals surface area contributed by atoms with Crippen LogP contribution in [0.15, 0.2) is 66.7 Å². The second-order valence-corrected chi connectivity index (χ2v) is 9.57. The molecule has 0 bridgehead atoms. The number of rotatable bonds is 7. The number of thiol groups is 1. The minimum atomic E-state index is 0.656. The van der Waals surface area contributed by atoms with Gasteiger partial charge in [-0.1, -0.05) is 30.3 Å². The molecular formula is C21H18OS4. The molecule has 0 aliphatic rings. The first kappa shape index (κ1) is 18.0. The van der Waals surface area contributed by atoms with E-state index in [1.165, 1.54) is 34.8 Å². The van der Waals surface area contributed by atoms with Crippen LogP contribution in [0.4, 0.5) is 0 Å². The summed E-state index contributed by atoms with van der Waals surface area (Å²) in [5.74, 6) is 0.806. The van der Waals surface area contributed by atoms with E-state index in [4.69, 9.17) is 4.74 Å². The Bertz CT molecular complexity index is 965. The van der Waals surface area contributed by atoms with Crippen molar-refractivity contribution in [1.29, 1.82) is 0 Å². The average molecular weight is 415 g/mol. The first-order valence-electron chi connectivity index (χ1n) is 8.32. The molecule has 0 atom stereocenters. The Labute approximate surface area is 171 Å². The topological polar surface area (TPSA) is 9.23 Å². The summed E-state index contributed by atoms with van der Waals surface area (Å²) in [6.07, 6.45) is 0. The van der Waals surface area contributed by atoms with E-state index in [1.807, 2.05) is 52.2 Å². The summed E-state index contributed by atoms with van der Waals surface area (Å²) in [5, 5.41) is 0. The molecule has 0 spiro atoms. The molecule has 132 valence electrons. The lowest BCUT2D eigenvalue weighted by Crippen LogP contribution is -1.91. The Morgan fingerprint density at radius 3 is 1.85 bits per heavy atom. The lowest BCUT2D eigenvalue weighted by Gasteiger charge is -2.02. The van der Waals surface area contributed by atoms with Gasteiger partial charge >= 0.3 is 0 Å². The zero-order valence-corrected chi connectivity index (χ0v) is 17.4. The van der Waals surface area contributed by atoms with Crippen molar-refractivity contribution in [3.63, 3.8) is 0 Å². The molecule has 0 aliphatic heterocycles. The van der Waals surface area contributed by atoms with Gasteiger partial charge in [-0.2, -0.15) is 12.6 Å². The van der Waals surface area contributed by atoms with Crippen LogP contribution in [0.2, 0.25) is 0 Å². The van der Waals surface area contributed by atoms with Crippen LogP contribution in [-0.2, 0) is 23.7 Å². The quantitative estimate of drug-likeness (QED) is 0.311. The van der Waals surface area contributed by atoms with Gasteiger partial charge in [-0.05, 0) is 42.0 Å². The number of hydrogen-bond acceptors (Lipinski definition) is 5. The van der Waals surface area contributed by atoms with Crippen LogP contribution in [0.3, 0.4) is 0 Å². The Morgan fingerprint density at radius 2 is 1.19 bits per heavy atom. The smallest absolute Gasteiger partial charge is 0.0814 e. The highest BCUT2D eigenvalue weighted by molar-refractivity contribution is 7.79. The van der Waals surface area contributed by atoms with Crippen LogP contribution < -0.4 is 0 Å². The van der Waals surface area contributed by atoms with Crippen LogP contribution in [0.5, 0.6) is 0 Å². The molecule has 4 rings (SSSR count). The van der Waals surface area contributed by atoms with Gasteiger partial charge in [-0.15, -0.1) is 34.0 Å². The fraction of sp³-hybridized carbons (Fsp3) is 0.143. The summed E-state index contributed by atoms with van der Waals surface area (Å²) in [6, 6.07) is 23.5. The summed E-state index contributed by atoms with van der Waals surface area (Å²) < 4.78 is 5.85. The number of thiophene rings is 3.